The quantitative estimate of drug-likeness (QED) is 0.422. The number of unbranched alkanes of at least 4 members (excludes halogenated alkanes) is 1. The summed E-state index contributed by atoms with van der Waals surface area (Å²) in [6.45, 7) is 2.36. The van der Waals surface area contributed by atoms with Crippen LogP contribution in [0.15, 0.2) is 30.5 Å². The first kappa shape index (κ1) is 15.9. The highest BCUT2D eigenvalue weighted by Crippen LogP contribution is 2.22. The number of ether oxygens (including phenoxy) is 1. The molecule has 10 nitrogen and oxygen atoms in total. The monoisotopic (exact) mass is 352 g/mol. The van der Waals surface area contributed by atoms with Crippen LogP contribution in [0.3, 0.4) is 0 Å². The normalized spacial score (nSPS) is 11.3. The van der Waals surface area contributed by atoms with Gasteiger partial charge in [0.2, 0.25) is 11.5 Å². The van der Waals surface area contributed by atoms with Gasteiger partial charge < -0.3 is 10.5 Å². The van der Waals surface area contributed by atoms with E-state index in [9.17, 15) is 4.79 Å². The van der Waals surface area contributed by atoms with Crippen molar-refractivity contribution in [2.75, 3.05) is 12.3 Å². The number of fused-ring (bicyclic) bond motifs is 3. The van der Waals surface area contributed by atoms with Crippen LogP contribution in [-0.2, 0) is 4.74 Å². The van der Waals surface area contributed by atoms with E-state index in [4.69, 9.17) is 10.5 Å². The predicted octanol–water partition coefficient (Wildman–Crippen LogP) is 1.40. The van der Waals surface area contributed by atoms with Crippen LogP contribution in [0.2, 0.25) is 0 Å². The summed E-state index contributed by atoms with van der Waals surface area (Å²) >= 11 is 0. The number of anilines is 1. The number of hydrogen-bond acceptors (Lipinski definition) is 8. The largest absolute Gasteiger partial charge is 0.462 e. The first-order valence-corrected chi connectivity index (χ1v) is 8.18. The lowest BCUT2D eigenvalue weighted by Gasteiger charge is -2.07. The van der Waals surface area contributed by atoms with Gasteiger partial charge in [-0.15, -0.1) is 5.10 Å². The third-order valence-corrected chi connectivity index (χ3v) is 3.96. The van der Waals surface area contributed by atoms with Gasteiger partial charge >= 0.3 is 5.97 Å². The summed E-state index contributed by atoms with van der Waals surface area (Å²) in [5.74, 6) is -0.0587. The van der Waals surface area contributed by atoms with Gasteiger partial charge in [0.25, 0.3) is 0 Å². The molecule has 0 fully saturated rings. The van der Waals surface area contributed by atoms with Crippen molar-refractivity contribution in [2.24, 2.45) is 0 Å². The van der Waals surface area contributed by atoms with E-state index in [1.165, 1.54) is 10.9 Å². The van der Waals surface area contributed by atoms with Gasteiger partial charge in [-0.05, 0) is 29.0 Å². The average molecular weight is 352 g/mol. The van der Waals surface area contributed by atoms with Crippen molar-refractivity contribution in [1.82, 2.24) is 34.8 Å². The molecule has 4 aromatic rings. The number of benzene rings is 1. The Balaban J connectivity index is 1.80. The maximum Gasteiger partial charge on any atom is 0.343 e. The third-order valence-electron chi connectivity index (χ3n) is 3.96. The minimum absolute atomic E-state index is 0.124. The van der Waals surface area contributed by atoms with E-state index in [2.05, 4.69) is 25.6 Å². The molecule has 0 aliphatic rings. The molecular formula is C16H16N8O2. The summed E-state index contributed by atoms with van der Waals surface area (Å²) in [7, 11) is 0. The molecule has 0 aliphatic heterocycles. The van der Waals surface area contributed by atoms with Crippen molar-refractivity contribution < 1.29 is 9.53 Å². The third kappa shape index (κ3) is 2.51. The molecular weight excluding hydrogens is 336 g/mol. The average Bonchev–Trinajstić information content (AvgIpc) is 3.28. The number of aromatic nitrogens is 7. The summed E-state index contributed by atoms with van der Waals surface area (Å²) in [5, 5.41) is 15.9. The van der Waals surface area contributed by atoms with Crippen LogP contribution < -0.4 is 5.73 Å². The number of carbonyl (C=O) groups excluding carboxylic acids is 1. The highest BCUT2D eigenvalue weighted by Gasteiger charge is 2.21. The van der Waals surface area contributed by atoms with Gasteiger partial charge in [0, 0.05) is 0 Å². The van der Waals surface area contributed by atoms with Crippen LogP contribution in [0.1, 0.15) is 30.1 Å². The molecule has 10 heteroatoms. The minimum Gasteiger partial charge on any atom is -0.462 e. The molecule has 0 bridgehead atoms. The SMILES string of the molecule is CCCCOC(=O)c1cnn(-c2nc3ccccc3n3nnnc23)c1N. The molecule has 0 saturated heterocycles. The first-order valence-electron chi connectivity index (χ1n) is 8.18. The van der Waals surface area contributed by atoms with E-state index in [1.807, 2.05) is 31.2 Å². The van der Waals surface area contributed by atoms with Crippen LogP contribution in [0.5, 0.6) is 0 Å². The van der Waals surface area contributed by atoms with Crippen LogP contribution in [0.4, 0.5) is 5.82 Å². The summed E-state index contributed by atoms with van der Waals surface area (Å²) in [5.41, 5.74) is 8.11. The van der Waals surface area contributed by atoms with Gasteiger partial charge in [-0.2, -0.15) is 14.3 Å². The Hall–Kier alpha value is -3.56. The Kier molecular flexibility index (Phi) is 3.92. The highest BCUT2D eigenvalue weighted by atomic mass is 16.5. The number of rotatable bonds is 5. The van der Waals surface area contributed by atoms with E-state index < -0.39 is 5.97 Å². The standard InChI is InChI=1S/C16H16N8O2/c1-2-3-8-26-16(25)10-9-18-24(13(10)17)14-15-20-21-22-23(15)12-7-5-4-6-11(12)19-14/h4-7,9H,2-3,8,17H2,1H3. The van der Waals surface area contributed by atoms with Gasteiger partial charge in [0.05, 0.1) is 23.8 Å². The number of nitrogens with two attached hydrogens (primary N) is 1. The number of hydrogen-bond donors (Lipinski definition) is 1. The van der Waals surface area contributed by atoms with Crippen molar-refractivity contribution >= 4 is 28.5 Å². The van der Waals surface area contributed by atoms with E-state index in [1.54, 1.807) is 4.52 Å². The Morgan fingerprint density at radius 2 is 2.15 bits per heavy atom. The molecule has 132 valence electrons. The molecule has 4 rings (SSSR count). The van der Waals surface area contributed by atoms with Crippen LogP contribution in [0.25, 0.3) is 22.5 Å². The predicted molar refractivity (Wildman–Crippen MR) is 92.8 cm³/mol. The van der Waals surface area contributed by atoms with E-state index in [0.29, 0.717) is 23.6 Å². The molecule has 0 unspecified atom stereocenters. The summed E-state index contributed by atoms with van der Waals surface area (Å²) in [6, 6.07) is 7.42. The molecule has 0 aliphatic carbocycles. The van der Waals surface area contributed by atoms with Crippen LogP contribution in [0, 0.1) is 0 Å². The van der Waals surface area contributed by atoms with Gasteiger partial charge in [-0.25, -0.2) is 9.78 Å². The zero-order chi connectivity index (χ0) is 18.1. The summed E-state index contributed by atoms with van der Waals surface area (Å²) in [4.78, 5) is 16.7. The number of para-hydroxylation sites is 2. The Labute approximate surface area is 147 Å². The first-order chi connectivity index (χ1) is 12.7. The number of nitrogens with zero attached hydrogens (tertiary/aromatic N) is 7. The Bertz CT molecular complexity index is 1100. The second kappa shape index (κ2) is 6.39. The van der Waals surface area contributed by atoms with Crippen LogP contribution in [-0.4, -0.2) is 47.4 Å². The maximum atomic E-state index is 12.2. The van der Waals surface area contributed by atoms with Gasteiger partial charge in [-0.3, -0.25) is 0 Å². The number of esters is 1. The number of nitrogen functional groups attached to an aromatic ring is 1. The van der Waals surface area contributed by atoms with Crippen molar-refractivity contribution in [2.45, 2.75) is 19.8 Å². The van der Waals surface area contributed by atoms with Crippen molar-refractivity contribution in [3.63, 3.8) is 0 Å². The molecule has 26 heavy (non-hydrogen) atoms. The van der Waals surface area contributed by atoms with E-state index in [-0.39, 0.29) is 11.4 Å². The Morgan fingerprint density at radius 1 is 1.31 bits per heavy atom. The lowest BCUT2D eigenvalue weighted by molar-refractivity contribution is 0.0501. The van der Waals surface area contributed by atoms with Crippen molar-refractivity contribution in [3.8, 4) is 5.82 Å². The molecule has 0 saturated carbocycles. The molecule has 2 N–H and O–H groups in total. The zero-order valence-corrected chi connectivity index (χ0v) is 14.0. The molecule has 3 heterocycles. The van der Waals surface area contributed by atoms with Gasteiger partial charge in [0.1, 0.15) is 11.4 Å². The lowest BCUT2D eigenvalue weighted by Crippen LogP contribution is -2.11. The topological polar surface area (TPSA) is 126 Å². The highest BCUT2D eigenvalue weighted by molar-refractivity contribution is 5.94. The lowest BCUT2D eigenvalue weighted by atomic mass is 10.3. The smallest absolute Gasteiger partial charge is 0.343 e. The molecule has 0 amide bonds. The maximum absolute atomic E-state index is 12.2. The molecule has 0 atom stereocenters. The molecule has 1 aromatic carbocycles. The van der Waals surface area contributed by atoms with Crippen LogP contribution >= 0.6 is 0 Å². The fourth-order valence-corrected chi connectivity index (χ4v) is 2.60. The zero-order valence-electron chi connectivity index (χ0n) is 14.0. The molecule has 0 spiro atoms. The number of carbonyl (C=O) groups is 1. The van der Waals surface area contributed by atoms with E-state index >= 15 is 0 Å². The van der Waals surface area contributed by atoms with Gasteiger partial charge in [0.15, 0.2) is 0 Å². The number of tetrazole rings is 1. The van der Waals surface area contributed by atoms with Gasteiger partial charge in [-0.1, -0.05) is 25.5 Å². The summed E-state index contributed by atoms with van der Waals surface area (Å²) < 4.78 is 8.10. The second-order valence-electron chi connectivity index (χ2n) is 5.68. The fourth-order valence-electron chi connectivity index (χ4n) is 2.60. The fraction of sp³-hybridized carbons (Fsp3) is 0.250. The Morgan fingerprint density at radius 3 is 3.00 bits per heavy atom. The van der Waals surface area contributed by atoms with E-state index in [0.717, 1.165) is 18.4 Å². The second-order valence-corrected chi connectivity index (χ2v) is 5.68. The minimum atomic E-state index is -0.515. The molecule has 0 radical (unpaired) electrons. The summed E-state index contributed by atoms with van der Waals surface area (Å²) in [6.07, 6.45) is 3.08. The molecule has 3 aromatic heterocycles. The van der Waals surface area contributed by atoms with Crippen molar-refractivity contribution in [3.05, 3.63) is 36.0 Å². The van der Waals surface area contributed by atoms with Crippen molar-refractivity contribution in [1.29, 1.82) is 0 Å².